The van der Waals surface area contributed by atoms with E-state index in [1.807, 2.05) is 32.0 Å². The van der Waals surface area contributed by atoms with Gasteiger partial charge in [0.1, 0.15) is 12.0 Å². The summed E-state index contributed by atoms with van der Waals surface area (Å²) in [6, 6.07) is 5.66. The molecule has 0 saturated heterocycles. The van der Waals surface area contributed by atoms with Crippen LogP contribution in [0, 0.1) is 13.8 Å². The minimum Gasteiger partial charge on any atom is -0.326 e. The van der Waals surface area contributed by atoms with Crippen LogP contribution in [0.2, 0.25) is 5.02 Å². The van der Waals surface area contributed by atoms with Gasteiger partial charge in [-0.25, -0.2) is 4.98 Å². The average Bonchev–Trinajstić information content (AvgIpc) is 2.83. The van der Waals surface area contributed by atoms with Crippen LogP contribution in [0.1, 0.15) is 32.9 Å². The zero-order chi connectivity index (χ0) is 17.4. The van der Waals surface area contributed by atoms with Crippen molar-refractivity contribution in [1.82, 2.24) is 9.88 Å². The molecule has 0 radical (unpaired) electrons. The highest BCUT2D eigenvalue weighted by Crippen LogP contribution is 2.37. The maximum atomic E-state index is 12.5. The van der Waals surface area contributed by atoms with Gasteiger partial charge in [0.05, 0.1) is 6.54 Å². The third-order valence-corrected chi connectivity index (χ3v) is 4.64. The second kappa shape index (κ2) is 6.34. The first kappa shape index (κ1) is 16.6. The van der Waals surface area contributed by atoms with Gasteiger partial charge in [-0.2, -0.15) is 0 Å². The van der Waals surface area contributed by atoms with Gasteiger partial charge in [-0.15, -0.1) is 0 Å². The Kier molecular flexibility index (Phi) is 4.39. The van der Waals surface area contributed by atoms with Crippen LogP contribution in [-0.4, -0.2) is 28.6 Å². The lowest BCUT2D eigenvalue weighted by molar-refractivity contribution is -0.108. The first-order chi connectivity index (χ1) is 11.5. The van der Waals surface area contributed by atoms with Crippen LogP contribution >= 0.6 is 11.6 Å². The highest BCUT2D eigenvalue weighted by molar-refractivity contribution is 6.30. The fraction of sp³-hybridized carbons (Fsp3) is 0.278. The summed E-state index contributed by atoms with van der Waals surface area (Å²) in [5.74, 6) is -0.211. The third-order valence-electron chi connectivity index (χ3n) is 4.40. The molecule has 1 amide bonds. The van der Waals surface area contributed by atoms with E-state index in [2.05, 4.69) is 4.98 Å². The number of amides is 1. The van der Waals surface area contributed by atoms with Crippen molar-refractivity contribution in [1.29, 1.82) is 0 Å². The number of hydrogen-bond donors (Lipinski definition) is 1. The van der Waals surface area contributed by atoms with Crippen LogP contribution in [0.25, 0.3) is 11.1 Å². The van der Waals surface area contributed by atoms with Gasteiger partial charge in [-0.05, 0) is 48.2 Å². The second-order valence-corrected chi connectivity index (χ2v) is 6.33. The Morgan fingerprint density at radius 2 is 2.12 bits per heavy atom. The molecular weight excluding hydrogens is 326 g/mol. The van der Waals surface area contributed by atoms with Gasteiger partial charge < -0.3 is 15.4 Å². The fourth-order valence-corrected chi connectivity index (χ4v) is 3.47. The van der Waals surface area contributed by atoms with Gasteiger partial charge in [0.15, 0.2) is 0 Å². The Balaban J connectivity index is 2.28. The average molecular weight is 344 g/mol. The molecule has 2 N–H and O–H groups in total. The molecule has 0 spiro atoms. The second-order valence-electron chi connectivity index (χ2n) is 5.89. The first-order valence-electron chi connectivity index (χ1n) is 7.69. The van der Waals surface area contributed by atoms with Gasteiger partial charge in [0, 0.05) is 29.4 Å². The molecule has 6 heteroatoms. The smallest absolute Gasteiger partial charge is 0.273 e. The van der Waals surface area contributed by atoms with Crippen LogP contribution in [0.4, 0.5) is 0 Å². The van der Waals surface area contributed by atoms with E-state index in [1.165, 1.54) is 4.90 Å². The molecule has 2 aromatic rings. The van der Waals surface area contributed by atoms with Crippen LogP contribution < -0.4 is 5.73 Å². The molecule has 3 rings (SSSR count). The molecule has 0 unspecified atom stereocenters. The zero-order valence-corrected chi connectivity index (χ0v) is 14.4. The van der Waals surface area contributed by atoms with Crippen molar-refractivity contribution in [3.05, 3.63) is 51.3 Å². The minimum absolute atomic E-state index is 0.0608. The summed E-state index contributed by atoms with van der Waals surface area (Å²) in [5, 5.41) is 0.659. The number of hydrogen-bond acceptors (Lipinski definition) is 4. The Labute approximate surface area is 145 Å². The third kappa shape index (κ3) is 2.60. The molecule has 0 aliphatic carbocycles. The molecule has 0 saturated carbocycles. The molecule has 1 aromatic carbocycles. The standard InChI is InChI=1S/C18H18ClN3O2/c1-10-7-12(19)3-4-13(10)16-14(8-20)11(2)21-17-15(16)9-22(5-6-23)18(17)24/h3-4,6-7H,5,8-9,20H2,1-2H3. The highest BCUT2D eigenvalue weighted by atomic mass is 35.5. The molecular formula is C18H18ClN3O2. The van der Waals surface area contributed by atoms with E-state index in [0.717, 1.165) is 39.8 Å². The zero-order valence-electron chi connectivity index (χ0n) is 13.6. The lowest BCUT2D eigenvalue weighted by Gasteiger charge is -2.17. The predicted octanol–water partition coefficient (Wildman–Crippen LogP) is 2.63. The molecule has 5 nitrogen and oxygen atoms in total. The fourth-order valence-electron chi connectivity index (χ4n) is 3.25. The molecule has 1 aliphatic rings. The molecule has 124 valence electrons. The summed E-state index contributed by atoms with van der Waals surface area (Å²) in [4.78, 5) is 29.3. The van der Waals surface area contributed by atoms with Crippen molar-refractivity contribution in [2.75, 3.05) is 6.54 Å². The Bertz CT molecular complexity index is 849. The molecule has 0 fully saturated rings. The van der Waals surface area contributed by atoms with Crippen molar-refractivity contribution >= 4 is 23.8 Å². The topological polar surface area (TPSA) is 76.3 Å². The lowest BCUT2D eigenvalue weighted by Crippen LogP contribution is -2.26. The highest BCUT2D eigenvalue weighted by Gasteiger charge is 2.33. The number of carbonyl (C=O) groups excluding carboxylic acids is 2. The summed E-state index contributed by atoms with van der Waals surface area (Å²) < 4.78 is 0. The summed E-state index contributed by atoms with van der Waals surface area (Å²) >= 11 is 6.08. The SMILES string of the molecule is Cc1cc(Cl)ccc1-c1c(CN)c(C)nc2c1CN(CC=O)C2=O. The Hall–Kier alpha value is -2.24. The maximum absolute atomic E-state index is 12.5. The van der Waals surface area contributed by atoms with Gasteiger partial charge in [0.2, 0.25) is 0 Å². The molecule has 0 atom stereocenters. The van der Waals surface area contributed by atoms with E-state index < -0.39 is 0 Å². The number of pyridine rings is 1. The number of benzene rings is 1. The Morgan fingerprint density at radius 3 is 2.75 bits per heavy atom. The van der Waals surface area contributed by atoms with E-state index in [1.54, 1.807) is 0 Å². The lowest BCUT2D eigenvalue weighted by atomic mass is 9.90. The number of nitrogens with two attached hydrogens (primary N) is 1. The van der Waals surface area contributed by atoms with Crippen LogP contribution in [0.15, 0.2) is 18.2 Å². The number of halogens is 1. The van der Waals surface area contributed by atoms with Crippen LogP contribution in [0.5, 0.6) is 0 Å². The minimum atomic E-state index is -0.211. The maximum Gasteiger partial charge on any atom is 0.273 e. The number of aromatic nitrogens is 1. The number of carbonyl (C=O) groups is 2. The van der Waals surface area contributed by atoms with E-state index in [4.69, 9.17) is 17.3 Å². The van der Waals surface area contributed by atoms with Crippen LogP contribution in [0.3, 0.4) is 0 Å². The number of nitrogens with zero attached hydrogens (tertiary/aromatic N) is 2. The Morgan fingerprint density at radius 1 is 1.38 bits per heavy atom. The number of aldehydes is 1. The van der Waals surface area contributed by atoms with E-state index in [0.29, 0.717) is 23.8 Å². The monoisotopic (exact) mass is 343 g/mol. The number of fused-ring (bicyclic) bond motifs is 1. The van der Waals surface area contributed by atoms with E-state index in [-0.39, 0.29) is 12.5 Å². The summed E-state index contributed by atoms with van der Waals surface area (Å²) in [6.07, 6.45) is 0.730. The predicted molar refractivity (Wildman–Crippen MR) is 92.9 cm³/mol. The van der Waals surface area contributed by atoms with Gasteiger partial charge >= 0.3 is 0 Å². The number of rotatable bonds is 4. The molecule has 2 heterocycles. The van der Waals surface area contributed by atoms with E-state index in [9.17, 15) is 9.59 Å². The van der Waals surface area contributed by atoms with Crippen molar-refractivity contribution < 1.29 is 9.59 Å². The van der Waals surface area contributed by atoms with Gasteiger partial charge in [-0.3, -0.25) is 4.79 Å². The summed E-state index contributed by atoms with van der Waals surface area (Å²) in [5.41, 5.74) is 11.8. The normalized spacial score (nSPS) is 13.3. The van der Waals surface area contributed by atoms with Crippen molar-refractivity contribution in [3.63, 3.8) is 0 Å². The van der Waals surface area contributed by atoms with Crippen LogP contribution in [-0.2, 0) is 17.9 Å². The molecule has 24 heavy (non-hydrogen) atoms. The molecule has 1 aliphatic heterocycles. The van der Waals surface area contributed by atoms with Crippen molar-refractivity contribution in [2.24, 2.45) is 5.73 Å². The van der Waals surface area contributed by atoms with E-state index >= 15 is 0 Å². The number of aryl methyl sites for hydroxylation is 2. The molecule has 0 bridgehead atoms. The largest absolute Gasteiger partial charge is 0.326 e. The first-order valence-corrected chi connectivity index (χ1v) is 8.07. The summed E-state index contributed by atoms with van der Waals surface area (Å²) in [6.45, 7) is 4.58. The van der Waals surface area contributed by atoms with Gasteiger partial charge in [0.25, 0.3) is 5.91 Å². The van der Waals surface area contributed by atoms with Crippen molar-refractivity contribution in [3.8, 4) is 11.1 Å². The van der Waals surface area contributed by atoms with Gasteiger partial charge in [-0.1, -0.05) is 17.7 Å². The molecule has 1 aromatic heterocycles. The van der Waals surface area contributed by atoms with Crippen molar-refractivity contribution in [2.45, 2.75) is 26.9 Å². The quantitative estimate of drug-likeness (QED) is 0.866. The summed E-state index contributed by atoms with van der Waals surface area (Å²) in [7, 11) is 0.